The Kier molecular flexibility index (Phi) is 13.3. The number of fused-ring (bicyclic) bond motifs is 8. The summed E-state index contributed by atoms with van der Waals surface area (Å²) in [5.74, 6) is 0. The normalized spacial score (nSPS) is 12.8. The first-order valence-electron chi connectivity index (χ1n) is 31.5. The van der Waals surface area contributed by atoms with Gasteiger partial charge in [0.25, 0.3) is 6.71 Å². The molecule has 0 radical (unpaired) electrons. The first kappa shape index (κ1) is 54.1. The van der Waals surface area contributed by atoms with Gasteiger partial charge in [0.1, 0.15) is 0 Å². The largest absolute Gasteiger partial charge is 0.311 e. The van der Waals surface area contributed by atoms with Crippen LogP contribution >= 0.6 is 23.5 Å². The van der Waals surface area contributed by atoms with Crippen LogP contribution in [-0.4, -0.2) is 13.4 Å². The van der Waals surface area contributed by atoms with Gasteiger partial charge in [0.2, 0.25) is 6.71 Å². The minimum absolute atomic E-state index is 0.00334. The highest BCUT2D eigenvalue weighted by Crippen LogP contribution is 2.52. The predicted octanol–water partition coefficient (Wildman–Crippen LogP) is 19.2. The van der Waals surface area contributed by atoms with Crippen molar-refractivity contribution in [3.8, 4) is 33.4 Å². The number of hydrogen-bond acceptors (Lipinski definition) is 6. The number of para-hydroxylation sites is 5. The van der Waals surface area contributed by atoms with Gasteiger partial charge in [-0.2, -0.15) is 0 Å². The van der Waals surface area contributed by atoms with Gasteiger partial charge in [-0.25, -0.2) is 0 Å². The van der Waals surface area contributed by atoms with Gasteiger partial charge >= 0.3 is 0 Å². The van der Waals surface area contributed by atoms with Gasteiger partial charge in [0, 0.05) is 82.0 Å². The molecule has 4 heterocycles. The summed E-state index contributed by atoms with van der Waals surface area (Å²) in [6.45, 7) is -0.145. The summed E-state index contributed by atoms with van der Waals surface area (Å²) < 4.78 is 0. The van der Waals surface area contributed by atoms with E-state index in [0.29, 0.717) is 0 Å². The molecule has 4 nitrogen and oxygen atoms in total. The second-order valence-corrected chi connectivity index (χ2v) is 26.1. The summed E-state index contributed by atoms with van der Waals surface area (Å²) in [7, 11) is 0. The van der Waals surface area contributed by atoms with Crippen molar-refractivity contribution in [2.24, 2.45) is 0 Å². The summed E-state index contributed by atoms with van der Waals surface area (Å²) >= 11 is 3.84. The van der Waals surface area contributed by atoms with Crippen LogP contribution in [0.3, 0.4) is 0 Å². The third-order valence-electron chi connectivity index (χ3n) is 18.7. The molecule has 0 spiro atoms. The maximum absolute atomic E-state index is 2.64. The van der Waals surface area contributed by atoms with E-state index in [1.807, 2.05) is 23.5 Å². The van der Waals surface area contributed by atoms with Crippen molar-refractivity contribution in [3.63, 3.8) is 0 Å². The van der Waals surface area contributed by atoms with E-state index < -0.39 is 0 Å². The average Bonchev–Trinajstić information content (AvgIpc) is 0.692. The fourth-order valence-electron chi connectivity index (χ4n) is 14.7. The van der Waals surface area contributed by atoms with Crippen molar-refractivity contribution in [3.05, 3.63) is 340 Å². The van der Waals surface area contributed by atoms with Gasteiger partial charge in [-0.3, -0.25) is 0 Å². The van der Waals surface area contributed by atoms with Crippen molar-refractivity contribution in [2.45, 2.75) is 19.6 Å². The number of anilines is 12. The van der Waals surface area contributed by atoms with Crippen LogP contribution in [0.4, 0.5) is 68.2 Å². The number of benzene rings is 14. The third-order valence-corrected chi connectivity index (χ3v) is 21.0. The zero-order valence-electron chi connectivity index (χ0n) is 50.1. The standard InChI is InChI=1S/C84H56B2N4S2/c1-7-26-57(27-8-1)59-46-48-65(49-47-59)88(66-39-25-32-61(50-66)58-28-9-2-10-29-58)67-51-77-83-78(52-67)90(74-43-22-19-40-69(74)60-30-11-3-12-31-60)76-56-80-73(55-72(76)85(83)70-41-20-23-44-75(70)89(77)64-37-17-6-18-38-64)86-71-42-21-24-45-79(71)91-81-53-68(54-82(92-80)84(81)86)87(62-33-13-4-14-34-62)63-35-15-5-16-36-63/h1-56H. The fourth-order valence-corrected chi connectivity index (χ4v) is 17.2. The monoisotopic (exact) mass is 1210 g/mol. The van der Waals surface area contributed by atoms with Crippen molar-refractivity contribution >= 4 is 138 Å². The Labute approximate surface area is 546 Å². The Bertz CT molecular complexity index is 5100. The van der Waals surface area contributed by atoms with E-state index in [1.165, 1.54) is 80.4 Å². The molecule has 0 amide bonds. The van der Waals surface area contributed by atoms with Crippen LogP contribution in [0.5, 0.6) is 0 Å². The molecule has 0 aliphatic carbocycles. The SMILES string of the molecule is c1ccc(-c2ccc(N(c3cccc(-c4ccccc4)c3)c3cc4c5c(c3)N(c3ccccc3-c3ccccc3)c3cc6c(cc3B5c3ccccc3N4c3ccccc3)B3c4ccccc4Sc4cc(N(c5ccccc5)c5ccccc5)cc(c43)S6)cc2)cc1. The molecule has 18 rings (SSSR count). The Hall–Kier alpha value is -10.9. The Balaban J connectivity index is 0.920. The summed E-state index contributed by atoms with van der Waals surface area (Å²) in [6, 6.07) is 126. The topological polar surface area (TPSA) is 13.0 Å². The highest BCUT2D eigenvalue weighted by Gasteiger charge is 2.47. The molecule has 0 saturated carbocycles. The lowest BCUT2D eigenvalue weighted by molar-refractivity contribution is 1.22. The van der Waals surface area contributed by atoms with Gasteiger partial charge in [-0.1, -0.05) is 265 Å². The maximum Gasteiger partial charge on any atom is 0.252 e. The summed E-state index contributed by atoms with van der Waals surface area (Å²) in [6.07, 6.45) is 0. The van der Waals surface area contributed by atoms with Crippen molar-refractivity contribution in [1.82, 2.24) is 0 Å². The van der Waals surface area contributed by atoms with Crippen LogP contribution in [0.1, 0.15) is 0 Å². The molecule has 92 heavy (non-hydrogen) atoms. The molecule has 0 aromatic heterocycles. The minimum Gasteiger partial charge on any atom is -0.311 e. The molecule has 14 aromatic rings. The van der Waals surface area contributed by atoms with E-state index in [-0.39, 0.29) is 13.4 Å². The van der Waals surface area contributed by atoms with Crippen LogP contribution in [0, 0.1) is 0 Å². The van der Waals surface area contributed by atoms with Crippen LogP contribution in [0.25, 0.3) is 33.4 Å². The first-order valence-corrected chi connectivity index (χ1v) is 33.2. The molecule has 0 bridgehead atoms. The smallest absolute Gasteiger partial charge is 0.252 e. The second-order valence-electron chi connectivity index (χ2n) is 23.9. The Morgan fingerprint density at radius 3 is 1.37 bits per heavy atom. The van der Waals surface area contributed by atoms with E-state index in [2.05, 4.69) is 359 Å². The van der Waals surface area contributed by atoms with Crippen molar-refractivity contribution in [1.29, 1.82) is 0 Å². The number of rotatable bonds is 11. The summed E-state index contributed by atoms with van der Waals surface area (Å²) in [5, 5.41) is 0. The van der Waals surface area contributed by atoms with Crippen LogP contribution in [0.2, 0.25) is 0 Å². The Morgan fingerprint density at radius 1 is 0.228 bits per heavy atom. The number of hydrogen-bond donors (Lipinski definition) is 0. The maximum atomic E-state index is 2.64. The van der Waals surface area contributed by atoms with E-state index >= 15 is 0 Å². The van der Waals surface area contributed by atoms with Gasteiger partial charge in [-0.15, -0.1) is 0 Å². The molecule has 0 saturated heterocycles. The molecule has 0 fully saturated rings. The zero-order chi connectivity index (χ0) is 60.6. The first-order chi connectivity index (χ1) is 45.6. The zero-order valence-corrected chi connectivity index (χ0v) is 51.7. The van der Waals surface area contributed by atoms with Gasteiger partial charge in [0.15, 0.2) is 0 Å². The molecular weight excluding hydrogens is 1150 g/mol. The molecule has 430 valence electrons. The summed E-state index contributed by atoms with van der Waals surface area (Å²) in [4.78, 5) is 15.2. The van der Waals surface area contributed by atoms with E-state index in [1.54, 1.807) is 0 Å². The molecule has 4 aliphatic rings. The second kappa shape index (κ2) is 22.5. The van der Waals surface area contributed by atoms with Crippen LogP contribution in [0.15, 0.2) is 359 Å². The molecular formula is C84H56B2N4S2. The van der Waals surface area contributed by atoms with Gasteiger partial charge < -0.3 is 19.6 Å². The lowest BCUT2D eigenvalue weighted by atomic mass is 9.31. The van der Waals surface area contributed by atoms with Crippen LogP contribution in [-0.2, 0) is 0 Å². The lowest BCUT2D eigenvalue weighted by Crippen LogP contribution is -2.64. The highest BCUT2D eigenvalue weighted by atomic mass is 32.2. The predicted molar refractivity (Wildman–Crippen MR) is 392 cm³/mol. The quantitative estimate of drug-likeness (QED) is 0.119. The average molecular weight is 1210 g/mol. The molecule has 4 aliphatic heterocycles. The lowest BCUT2D eigenvalue weighted by Gasteiger charge is -2.46. The highest BCUT2D eigenvalue weighted by molar-refractivity contribution is 8.01. The molecule has 14 aromatic carbocycles. The molecule has 0 unspecified atom stereocenters. The number of nitrogens with zero attached hydrogens (tertiary/aromatic N) is 4. The Morgan fingerprint density at radius 2 is 0.696 bits per heavy atom. The van der Waals surface area contributed by atoms with E-state index in [0.717, 1.165) is 73.6 Å². The molecule has 0 N–H and O–H groups in total. The van der Waals surface area contributed by atoms with Crippen molar-refractivity contribution < 1.29 is 0 Å². The minimum atomic E-state index is -0.141. The fraction of sp³-hybridized carbons (Fsp3) is 0. The van der Waals surface area contributed by atoms with Gasteiger partial charge in [-0.05, 0) is 159 Å². The summed E-state index contributed by atoms with van der Waals surface area (Å²) in [5.41, 5.74) is 28.2. The van der Waals surface area contributed by atoms with E-state index in [4.69, 9.17) is 0 Å². The molecule has 8 heteroatoms. The van der Waals surface area contributed by atoms with Gasteiger partial charge in [0.05, 0.1) is 11.4 Å². The molecule has 0 atom stereocenters. The van der Waals surface area contributed by atoms with Crippen molar-refractivity contribution in [2.75, 3.05) is 19.6 Å². The third kappa shape index (κ3) is 9.12. The van der Waals surface area contributed by atoms with Crippen LogP contribution < -0.4 is 52.4 Å². The van der Waals surface area contributed by atoms with E-state index in [9.17, 15) is 0 Å².